The molecule has 0 aliphatic rings. The summed E-state index contributed by atoms with van der Waals surface area (Å²) < 4.78 is 9.39. The van der Waals surface area contributed by atoms with Gasteiger partial charge in [-0.15, -0.1) is 0 Å². The van der Waals surface area contributed by atoms with Crippen molar-refractivity contribution in [3.8, 4) is 0 Å². The summed E-state index contributed by atoms with van der Waals surface area (Å²) in [6.07, 6.45) is -0.751. The summed E-state index contributed by atoms with van der Waals surface area (Å²) in [5, 5.41) is 13.5. The van der Waals surface area contributed by atoms with Gasteiger partial charge in [-0.1, -0.05) is 0 Å². The molecule has 3 N–H and O–H groups in total. The van der Waals surface area contributed by atoms with E-state index in [-0.39, 0.29) is 0 Å². The van der Waals surface area contributed by atoms with Crippen LogP contribution in [0.4, 0.5) is 4.79 Å². The molecule has 2 atom stereocenters. The molecule has 0 spiro atoms. The first-order valence-corrected chi connectivity index (χ1v) is 6.09. The van der Waals surface area contributed by atoms with Gasteiger partial charge in [0.15, 0.2) is 6.04 Å². The van der Waals surface area contributed by atoms with E-state index in [1.807, 2.05) is 0 Å². The molecule has 8 nitrogen and oxygen atoms in total. The lowest BCUT2D eigenvalue weighted by Crippen LogP contribution is -2.52. The molecule has 8 heteroatoms. The maximum absolute atomic E-state index is 11.7. The topological polar surface area (TPSA) is 114 Å². The number of methoxy groups -OCH3 is 1. The number of alkyl carbamates (subject to hydrolysis) is 1. The van der Waals surface area contributed by atoms with Crippen molar-refractivity contribution in [1.82, 2.24) is 10.6 Å². The zero-order chi connectivity index (χ0) is 15.9. The van der Waals surface area contributed by atoms with Crippen LogP contribution in [0.1, 0.15) is 27.7 Å². The molecule has 0 heterocycles. The van der Waals surface area contributed by atoms with Crippen molar-refractivity contribution in [2.24, 2.45) is 0 Å². The van der Waals surface area contributed by atoms with Crippen LogP contribution in [-0.4, -0.2) is 54.5 Å². The van der Waals surface area contributed by atoms with E-state index in [9.17, 15) is 14.4 Å². The van der Waals surface area contributed by atoms with Gasteiger partial charge in [-0.2, -0.15) is 0 Å². The van der Waals surface area contributed by atoms with Gasteiger partial charge in [-0.05, 0) is 27.7 Å². The molecular weight excluding hydrogens is 268 g/mol. The van der Waals surface area contributed by atoms with E-state index in [4.69, 9.17) is 9.84 Å². The molecule has 116 valence electrons. The lowest BCUT2D eigenvalue weighted by atomic mass is 10.2. The number of carbonyl (C=O) groups is 3. The third-order valence-electron chi connectivity index (χ3n) is 2.11. The quantitative estimate of drug-likeness (QED) is 0.591. The Bertz CT molecular complexity index is 363. The molecule has 0 bridgehead atoms. The molecule has 0 aliphatic carbocycles. The zero-order valence-electron chi connectivity index (χ0n) is 12.4. The Hall–Kier alpha value is -1.83. The summed E-state index contributed by atoms with van der Waals surface area (Å²) in [5.74, 6) is -1.41. The molecule has 0 fully saturated rings. The smallest absolute Gasteiger partial charge is 0.408 e. The van der Waals surface area contributed by atoms with Crippen LogP contribution in [0.5, 0.6) is 0 Å². The summed E-state index contributed by atoms with van der Waals surface area (Å²) in [7, 11) is 1.14. The molecule has 2 unspecified atom stereocenters. The highest BCUT2D eigenvalue weighted by atomic mass is 16.6. The minimum atomic E-state index is -1.17. The van der Waals surface area contributed by atoms with Crippen LogP contribution < -0.4 is 10.6 Å². The Morgan fingerprint density at radius 2 is 1.75 bits per heavy atom. The molecule has 0 aromatic rings. The fourth-order valence-corrected chi connectivity index (χ4v) is 1.17. The summed E-state index contributed by atoms with van der Waals surface area (Å²) >= 11 is 0. The third kappa shape index (κ3) is 6.93. The average molecular weight is 290 g/mol. The van der Waals surface area contributed by atoms with Gasteiger partial charge >= 0.3 is 12.1 Å². The van der Waals surface area contributed by atoms with Crippen LogP contribution in [0.15, 0.2) is 0 Å². The SMILES string of the molecule is COC(=O)C(CO)NC(=O)C(C)NC(=O)OC(C)(C)C. The Morgan fingerprint density at radius 3 is 2.15 bits per heavy atom. The monoisotopic (exact) mass is 290 g/mol. The predicted molar refractivity (Wildman–Crippen MR) is 69.9 cm³/mol. The molecule has 2 amide bonds. The van der Waals surface area contributed by atoms with Gasteiger partial charge < -0.3 is 25.2 Å². The second kappa shape index (κ2) is 7.68. The van der Waals surface area contributed by atoms with Crippen LogP contribution in [0.25, 0.3) is 0 Å². The Morgan fingerprint density at radius 1 is 1.20 bits per heavy atom. The zero-order valence-corrected chi connectivity index (χ0v) is 12.4. The van der Waals surface area contributed by atoms with E-state index in [0.29, 0.717) is 0 Å². The summed E-state index contributed by atoms with van der Waals surface area (Å²) in [4.78, 5) is 34.4. The van der Waals surface area contributed by atoms with E-state index in [2.05, 4.69) is 15.4 Å². The number of esters is 1. The molecule has 0 radical (unpaired) electrons. The lowest BCUT2D eigenvalue weighted by molar-refractivity contribution is -0.146. The summed E-state index contributed by atoms with van der Waals surface area (Å²) in [5.41, 5.74) is -0.681. The first kappa shape index (κ1) is 18.2. The molecule has 0 saturated carbocycles. The lowest BCUT2D eigenvalue weighted by Gasteiger charge is -2.22. The molecule has 0 aromatic heterocycles. The van der Waals surface area contributed by atoms with Gasteiger partial charge in [0.1, 0.15) is 11.6 Å². The van der Waals surface area contributed by atoms with Crippen LogP contribution in [0.3, 0.4) is 0 Å². The number of aliphatic hydroxyl groups excluding tert-OH is 1. The van der Waals surface area contributed by atoms with E-state index in [0.717, 1.165) is 7.11 Å². The van der Waals surface area contributed by atoms with Crippen LogP contribution >= 0.6 is 0 Å². The number of amides is 2. The van der Waals surface area contributed by atoms with Gasteiger partial charge in [-0.25, -0.2) is 9.59 Å². The molecule has 20 heavy (non-hydrogen) atoms. The highest BCUT2D eigenvalue weighted by molar-refractivity contribution is 5.89. The standard InChI is InChI=1S/C12H22N2O6/c1-7(13-11(18)20-12(2,3)4)9(16)14-8(6-15)10(17)19-5/h7-8,15H,6H2,1-5H3,(H,13,18)(H,14,16). The van der Waals surface area contributed by atoms with E-state index in [1.165, 1.54) is 6.92 Å². The predicted octanol–water partition coefficient (Wildman–Crippen LogP) is -0.450. The van der Waals surface area contributed by atoms with Crippen LogP contribution in [-0.2, 0) is 19.1 Å². The molecular formula is C12H22N2O6. The highest BCUT2D eigenvalue weighted by Crippen LogP contribution is 2.06. The molecule has 0 saturated heterocycles. The second-order valence-corrected chi connectivity index (χ2v) is 5.13. The Kier molecular flexibility index (Phi) is 6.98. The Balaban J connectivity index is 4.41. The van der Waals surface area contributed by atoms with Crippen molar-refractivity contribution in [2.45, 2.75) is 45.4 Å². The Labute approximate surface area is 117 Å². The fourth-order valence-electron chi connectivity index (χ4n) is 1.17. The van der Waals surface area contributed by atoms with Crippen LogP contribution in [0, 0.1) is 0 Å². The number of hydrogen-bond donors (Lipinski definition) is 3. The van der Waals surface area contributed by atoms with Crippen molar-refractivity contribution < 1.29 is 29.0 Å². The number of hydrogen-bond acceptors (Lipinski definition) is 6. The number of aliphatic hydroxyl groups is 1. The maximum atomic E-state index is 11.7. The van der Waals surface area contributed by atoms with Gasteiger partial charge in [-0.3, -0.25) is 4.79 Å². The first-order valence-electron chi connectivity index (χ1n) is 6.09. The number of ether oxygens (including phenoxy) is 2. The largest absolute Gasteiger partial charge is 0.467 e. The third-order valence-corrected chi connectivity index (χ3v) is 2.11. The van der Waals surface area contributed by atoms with Crippen molar-refractivity contribution in [3.63, 3.8) is 0 Å². The minimum absolute atomic E-state index is 0.600. The van der Waals surface area contributed by atoms with Crippen molar-refractivity contribution in [3.05, 3.63) is 0 Å². The van der Waals surface area contributed by atoms with Gasteiger partial charge in [0.25, 0.3) is 0 Å². The summed E-state index contributed by atoms with van der Waals surface area (Å²) in [6.45, 7) is 5.89. The van der Waals surface area contributed by atoms with E-state index in [1.54, 1.807) is 20.8 Å². The fraction of sp³-hybridized carbons (Fsp3) is 0.750. The number of rotatable bonds is 5. The molecule has 0 aromatic carbocycles. The highest BCUT2D eigenvalue weighted by Gasteiger charge is 2.25. The van der Waals surface area contributed by atoms with Crippen molar-refractivity contribution in [1.29, 1.82) is 0 Å². The first-order chi connectivity index (χ1) is 9.10. The van der Waals surface area contributed by atoms with Gasteiger partial charge in [0.05, 0.1) is 13.7 Å². The second-order valence-electron chi connectivity index (χ2n) is 5.13. The molecule has 0 rings (SSSR count). The summed E-state index contributed by atoms with van der Waals surface area (Å²) in [6, 6.07) is -2.10. The van der Waals surface area contributed by atoms with Gasteiger partial charge in [0, 0.05) is 0 Å². The number of nitrogens with one attached hydrogen (secondary N) is 2. The van der Waals surface area contributed by atoms with E-state index < -0.39 is 42.3 Å². The number of carbonyl (C=O) groups excluding carboxylic acids is 3. The van der Waals surface area contributed by atoms with Crippen molar-refractivity contribution in [2.75, 3.05) is 13.7 Å². The normalized spacial score (nSPS) is 13.9. The minimum Gasteiger partial charge on any atom is -0.467 e. The maximum Gasteiger partial charge on any atom is 0.408 e. The molecule has 0 aliphatic heterocycles. The van der Waals surface area contributed by atoms with Crippen molar-refractivity contribution >= 4 is 18.0 Å². The van der Waals surface area contributed by atoms with Crippen LogP contribution in [0.2, 0.25) is 0 Å². The van der Waals surface area contributed by atoms with Gasteiger partial charge in [0.2, 0.25) is 5.91 Å². The average Bonchev–Trinajstić information content (AvgIpc) is 2.31. The van der Waals surface area contributed by atoms with E-state index >= 15 is 0 Å².